The lowest BCUT2D eigenvalue weighted by Gasteiger charge is -2.04. The van der Waals surface area contributed by atoms with Gasteiger partial charge in [0.1, 0.15) is 12.3 Å². The van der Waals surface area contributed by atoms with Crippen molar-refractivity contribution in [2.75, 3.05) is 6.54 Å². The van der Waals surface area contributed by atoms with Crippen LogP contribution in [0.5, 0.6) is 5.75 Å². The second kappa shape index (κ2) is 6.90. The molecule has 0 saturated carbocycles. The van der Waals surface area contributed by atoms with E-state index in [-0.39, 0.29) is 0 Å². The molecular weight excluding hydrogens is 270 g/mol. The highest BCUT2D eigenvalue weighted by molar-refractivity contribution is 7.11. The van der Waals surface area contributed by atoms with E-state index < -0.39 is 0 Å². The van der Waals surface area contributed by atoms with Crippen molar-refractivity contribution >= 4 is 11.3 Å². The third-order valence-electron chi connectivity index (χ3n) is 3.24. The van der Waals surface area contributed by atoms with E-state index in [0.717, 1.165) is 30.2 Å². The van der Waals surface area contributed by atoms with Crippen LogP contribution in [0.2, 0.25) is 0 Å². The lowest BCUT2D eigenvalue weighted by molar-refractivity contribution is 0.305. The summed E-state index contributed by atoms with van der Waals surface area (Å²) >= 11 is 1.81. The molecule has 20 heavy (non-hydrogen) atoms. The molecule has 0 spiro atoms. The lowest BCUT2D eigenvalue weighted by atomic mass is 10.3. The molecule has 0 fully saturated rings. The van der Waals surface area contributed by atoms with Crippen molar-refractivity contribution in [3.63, 3.8) is 0 Å². The number of aryl methyl sites for hydroxylation is 2. The molecule has 2 aromatic heterocycles. The summed E-state index contributed by atoms with van der Waals surface area (Å²) in [5.41, 5.74) is 2.02. The summed E-state index contributed by atoms with van der Waals surface area (Å²) in [5.74, 6) is 0.909. The van der Waals surface area contributed by atoms with Crippen LogP contribution in [0.3, 0.4) is 0 Å². The van der Waals surface area contributed by atoms with Crippen LogP contribution < -0.4 is 10.1 Å². The lowest BCUT2D eigenvalue weighted by Crippen LogP contribution is -2.12. The molecular formula is C15H23N3OS. The first kappa shape index (κ1) is 15.1. The highest BCUT2D eigenvalue weighted by atomic mass is 32.1. The van der Waals surface area contributed by atoms with Gasteiger partial charge in [-0.05, 0) is 38.9 Å². The van der Waals surface area contributed by atoms with E-state index in [4.69, 9.17) is 4.74 Å². The van der Waals surface area contributed by atoms with Crippen molar-refractivity contribution < 1.29 is 4.74 Å². The Bertz CT molecular complexity index is 559. The van der Waals surface area contributed by atoms with Gasteiger partial charge in [0, 0.05) is 23.3 Å². The number of hydrogen-bond acceptors (Lipinski definition) is 4. The Balaban J connectivity index is 1.91. The van der Waals surface area contributed by atoms with Gasteiger partial charge in [-0.25, -0.2) is 0 Å². The summed E-state index contributed by atoms with van der Waals surface area (Å²) in [4.78, 5) is 2.61. The molecule has 2 aromatic rings. The standard InChI is InChI=1S/C15H23N3OS/c1-5-8-16-9-13-6-7-14(20-13)10-19-15-11(2)17-18(4)12(15)3/h6-7,16H,5,8-10H2,1-4H3. The Morgan fingerprint density at radius 1 is 1.30 bits per heavy atom. The highest BCUT2D eigenvalue weighted by Crippen LogP contribution is 2.24. The minimum Gasteiger partial charge on any atom is -0.484 e. The zero-order chi connectivity index (χ0) is 14.5. The van der Waals surface area contributed by atoms with Crippen LogP contribution in [0.15, 0.2) is 12.1 Å². The molecule has 0 aliphatic heterocycles. The fourth-order valence-electron chi connectivity index (χ4n) is 2.09. The maximum atomic E-state index is 5.92. The minimum absolute atomic E-state index is 0.617. The van der Waals surface area contributed by atoms with Gasteiger partial charge in [-0.3, -0.25) is 4.68 Å². The monoisotopic (exact) mass is 293 g/mol. The van der Waals surface area contributed by atoms with Gasteiger partial charge in [0.2, 0.25) is 0 Å². The zero-order valence-electron chi connectivity index (χ0n) is 12.7. The topological polar surface area (TPSA) is 39.1 Å². The molecule has 110 valence electrons. The first-order chi connectivity index (χ1) is 9.61. The molecule has 0 radical (unpaired) electrons. The van der Waals surface area contributed by atoms with Crippen LogP contribution in [-0.2, 0) is 20.2 Å². The van der Waals surface area contributed by atoms with E-state index in [1.807, 2.05) is 25.6 Å². The van der Waals surface area contributed by atoms with E-state index in [0.29, 0.717) is 6.61 Å². The van der Waals surface area contributed by atoms with Crippen LogP contribution in [0, 0.1) is 13.8 Å². The molecule has 0 bridgehead atoms. The number of nitrogens with one attached hydrogen (secondary N) is 1. The van der Waals surface area contributed by atoms with Crippen LogP contribution in [0.1, 0.15) is 34.5 Å². The Hall–Kier alpha value is -1.33. The van der Waals surface area contributed by atoms with Crippen molar-refractivity contribution in [3.05, 3.63) is 33.3 Å². The van der Waals surface area contributed by atoms with Crippen LogP contribution >= 0.6 is 11.3 Å². The summed E-state index contributed by atoms with van der Waals surface area (Å²) in [6.07, 6.45) is 1.17. The summed E-state index contributed by atoms with van der Waals surface area (Å²) in [5, 5.41) is 7.78. The van der Waals surface area contributed by atoms with Crippen molar-refractivity contribution in [3.8, 4) is 5.75 Å². The molecule has 0 aliphatic carbocycles. The van der Waals surface area contributed by atoms with Gasteiger partial charge in [0.05, 0.1) is 5.69 Å². The van der Waals surface area contributed by atoms with Crippen molar-refractivity contribution in [2.24, 2.45) is 7.05 Å². The van der Waals surface area contributed by atoms with Crippen molar-refractivity contribution in [1.82, 2.24) is 15.1 Å². The number of thiophene rings is 1. The Kier molecular flexibility index (Phi) is 5.20. The number of hydrogen-bond donors (Lipinski definition) is 1. The third kappa shape index (κ3) is 3.61. The zero-order valence-corrected chi connectivity index (χ0v) is 13.5. The number of rotatable bonds is 7. The van der Waals surface area contributed by atoms with Gasteiger partial charge in [0.25, 0.3) is 0 Å². The largest absolute Gasteiger partial charge is 0.484 e. The van der Waals surface area contributed by atoms with E-state index in [1.165, 1.54) is 16.2 Å². The molecule has 2 heterocycles. The van der Waals surface area contributed by atoms with Gasteiger partial charge in [-0.1, -0.05) is 6.92 Å². The molecule has 0 atom stereocenters. The Labute approximate surface area is 124 Å². The van der Waals surface area contributed by atoms with Crippen LogP contribution in [0.4, 0.5) is 0 Å². The van der Waals surface area contributed by atoms with Gasteiger partial charge in [-0.15, -0.1) is 11.3 Å². The fraction of sp³-hybridized carbons (Fsp3) is 0.533. The maximum Gasteiger partial charge on any atom is 0.163 e. The van der Waals surface area contributed by atoms with Gasteiger partial charge in [-0.2, -0.15) is 5.10 Å². The fourth-order valence-corrected chi connectivity index (χ4v) is 2.99. The molecule has 0 saturated heterocycles. The predicted octanol–water partition coefficient (Wildman–Crippen LogP) is 3.18. The average Bonchev–Trinajstić information content (AvgIpc) is 2.95. The SMILES string of the molecule is CCCNCc1ccc(COc2c(C)nn(C)c2C)s1. The molecule has 0 unspecified atom stereocenters. The summed E-state index contributed by atoms with van der Waals surface area (Å²) in [6.45, 7) is 8.83. The Morgan fingerprint density at radius 2 is 2.05 bits per heavy atom. The van der Waals surface area contributed by atoms with Gasteiger partial charge < -0.3 is 10.1 Å². The third-order valence-corrected chi connectivity index (χ3v) is 4.30. The summed E-state index contributed by atoms with van der Waals surface area (Å²) in [6, 6.07) is 4.32. The smallest absolute Gasteiger partial charge is 0.163 e. The van der Waals surface area contributed by atoms with E-state index in [9.17, 15) is 0 Å². The van der Waals surface area contributed by atoms with E-state index >= 15 is 0 Å². The van der Waals surface area contributed by atoms with Crippen molar-refractivity contribution in [1.29, 1.82) is 0 Å². The molecule has 0 aliphatic rings. The first-order valence-corrected chi connectivity index (χ1v) is 7.84. The Morgan fingerprint density at radius 3 is 2.70 bits per heavy atom. The highest BCUT2D eigenvalue weighted by Gasteiger charge is 2.11. The number of nitrogens with zero attached hydrogens (tertiary/aromatic N) is 2. The molecule has 2 rings (SSSR count). The quantitative estimate of drug-likeness (QED) is 0.797. The van der Waals surface area contributed by atoms with Gasteiger partial charge in [0.15, 0.2) is 5.75 Å². The second-order valence-electron chi connectivity index (χ2n) is 4.96. The van der Waals surface area contributed by atoms with E-state index in [1.54, 1.807) is 11.3 Å². The predicted molar refractivity (Wildman–Crippen MR) is 83.3 cm³/mol. The molecule has 4 nitrogen and oxygen atoms in total. The second-order valence-corrected chi connectivity index (χ2v) is 6.21. The van der Waals surface area contributed by atoms with Crippen molar-refractivity contribution in [2.45, 2.75) is 40.3 Å². The van der Waals surface area contributed by atoms with Crippen LogP contribution in [-0.4, -0.2) is 16.3 Å². The first-order valence-electron chi connectivity index (χ1n) is 7.03. The van der Waals surface area contributed by atoms with E-state index in [2.05, 4.69) is 29.5 Å². The molecule has 1 N–H and O–H groups in total. The van der Waals surface area contributed by atoms with Gasteiger partial charge >= 0.3 is 0 Å². The summed E-state index contributed by atoms with van der Waals surface area (Å²) in [7, 11) is 1.94. The average molecular weight is 293 g/mol. The van der Waals surface area contributed by atoms with Crippen LogP contribution in [0.25, 0.3) is 0 Å². The number of aromatic nitrogens is 2. The molecule has 5 heteroatoms. The minimum atomic E-state index is 0.617. The maximum absolute atomic E-state index is 5.92. The molecule has 0 aromatic carbocycles. The normalized spacial score (nSPS) is 11.0. The molecule has 0 amide bonds. The number of ether oxygens (including phenoxy) is 1. The summed E-state index contributed by atoms with van der Waals surface area (Å²) < 4.78 is 7.78.